The molecule has 0 bridgehead atoms. The zero-order chi connectivity index (χ0) is 71.2. The second kappa shape index (κ2) is 71.1. The van der Waals surface area contributed by atoms with Crippen molar-refractivity contribution in [2.24, 2.45) is 5.92 Å². The third kappa shape index (κ3) is 72.2. The Morgan fingerprint density at radius 3 is 0.701 bits per heavy atom. The lowest BCUT2D eigenvalue weighted by Crippen LogP contribution is -2.30. The number of aliphatic hydroxyl groups is 1. The van der Waals surface area contributed by atoms with E-state index in [0.717, 1.165) is 102 Å². The van der Waals surface area contributed by atoms with Crippen LogP contribution >= 0.6 is 15.6 Å². The highest BCUT2D eigenvalue weighted by Crippen LogP contribution is 2.45. The Balaban J connectivity index is 5.11. The summed E-state index contributed by atoms with van der Waals surface area (Å²) in [6.07, 6.45) is 61.6. The van der Waals surface area contributed by atoms with Crippen molar-refractivity contribution in [3.05, 3.63) is 0 Å². The molecule has 576 valence electrons. The highest BCUT2D eigenvalue weighted by Gasteiger charge is 2.30. The maximum atomic E-state index is 13.1. The molecule has 2 unspecified atom stereocenters. The molecular formula is C78H152O17P2. The van der Waals surface area contributed by atoms with Gasteiger partial charge in [0.15, 0.2) is 12.2 Å². The third-order valence-electron chi connectivity index (χ3n) is 18.3. The Morgan fingerprint density at radius 1 is 0.278 bits per heavy atom. The van der Waals surface area contributed by atoms with Crippen molar-refractivity contribution in [3.63, 3.8) is 0 Å². The average molecular weight is 1420 g/mol. The zero-order valence-corrected chi connectivity index (χ0v) is 65.0. The van der Waals surface area contributed by atoms with Crippen LogP contribution in [0.25, 0.3) is 0 Å². The lowest BCUT2D eigenvalue weighted by Gasteiger charge is -2.21. The summed E-state index contributed by atoms with van der Waals surface area (Å²) in [4.78, 5) is 72.6. The molecule has 0 saturated heterocycles. The van der Waals surface area contributed by atoms with Crippen LogP contribution in [0.4, 0.5) is 0 Å². The van der Waals surface area contributed by atoms with Crippen molar-refractivity contribution in [3.8, 4) is 0 Å². The summed E-state index contributed by atoms with van der Waals surface area (Å²) in [6, 6.07) is 0. The minimum absolute atomic E-state index is 0.107. The number of esters is 4. The van der Waals surface area contributed by atoms with Gasteiger partial charge in [-0.2, -0.15) is 0 Å². The maximum Gasteiger partial charge on any atom is 0.472 e. The highest BCUT2D eigenvalue weighted by atomic mass is 31.2. The Morgan fingerprint density at radius 2 is 0.474 bits per heavy atom. The number of carbonyl (C=O) groups excluding carboxylic acids is 4. The second-order valence-electron chi connectivity index (χ2n) is 28.6. The zero-order valence-electron chi connectivity index (χ0n) is 63.2. The van der Waals surface area contributed by atoms with Crippen LogP contribution in [0.2, 0.25) is 0 Å². The number of rotatable bonds is 78. The molecule has 0 spiro atoms. The molecule has 5 atom stereocenters. The van der Waals surface area contributed by atoms with Gasteiger partial charge in [0.25, 0.3) is 0 Å². The van der Waals surface area contributed by atoms with Gasteiger partial charge in [0.05, 0.1) is 26.4 Å². The number of phosphoric ester groups is 2. The first-order valence-electron chi connectivity index (χ1n) is 40.6. The van der Waals surface area contributed by atoms with Crippen molar-refractivity contribution in [2.45, 2.75) is 432 Å². The second-order valence-corrected chi connectivity index (χ2v) is 31.5. The van der Waals surface area contributed by atoms with Gasteiger partial charge in [0.1, 0.15) is 19.3 Å². The fourth-order valence-corrected chi connectivity index (χ4v) is 13.6. The van der Waals surface area contributed by atoms with Crippen LogP contribution < -0.4 is 0 Å². The van der Waals surface area contributed by atoms with Crippen LogP contribution in [0.5, 0.6) is 0 Å². The predicted molar refractivity (Wildman–Crippen MR) is 395 cm³/mol. The van der Waals surface area contributed by atoms with Crippen LogP contribution in [0.3, 0.4) is 0 Å². The standard InChI is InChI=1S/C78H152O17P2/c1-6-9-12-15-17-19-21-23-24-25-26-30-33-36-40-43-47-52-57-62-76(81)89-68-74(95-78(83)64-59-54-49-45-41-37-34-31-28-27-29-32-35-38-42-46-51-55-60-71(4)5)70-93-97(86,87)91-66-72(79)65-90-96(84,85)92-69-73(67-88-75(80)61-56-50-14-11-8-3)94-77(82)63-58-53-48-44-39-22-20-18-16-13-10-7-2/h71-74,79H,6-70H2,1-5H3,(H,84,85)(H,86,87)/t72-,73+,74+/m0/s1. The number of ether oxygens (including phenoxy) is 4. The Labute approximate surface area is 594 Å². The van der Waals surface area contributed by atoms with Crippen LogP contribution in [0, 0.1) is 5.92 Å². The van der Waals surface area contributed by atoms with E-state index < -0.39 is 97.5 Å². The van der Waals surface area contributed by atoms with Gasteiger partial charge in [-0.3, -0.25) is 37.3 Å². The average Bonchev–Trinajstić information content (AvgIpc) is 1.40. The number of phosphoric acid groups is 2. The molecule has 3 N–H and O–H groups in total. The molecule has 0 amide bonds. The molecule has 0 fully saturated rings. The minimum atomic E-state index is -4.96. The van der Waals surface area contributed by atoms with Crippen molar-refractivity contribution < 1.29 is 80.2 Å². The largest absolute Gasteiger partial charge is 0.472 e. The van der Waals surface area contributed by atoms with E-state index in [-0.39, 0.29) is 25.7 Å². The SMILES string of the molecule is CCCCCCCCCCCCCCCCCCCCCC(=O)OC[C@H](COP(=O)(O)OC[C@@H](O)COP(=O)(O)OC[C@@H](COC(=O)CCCCCCC)OC(=O)CCCCCCCCCCCCCC)OC(=O)CCCCCCCCCCCCCCCCCCCCC(C)C. The topological polar surface area (TPSA) is 237 Å². The summed E-state index contributed by atoms with van der Waals surface area (Å²) >= 11 is 0. The number of aliphatic hydroxyl groups excluding tert-OH is 1. The summed E-state index contributed by atoms with van der Waals surface area (Å²) in [7, 11) is -9.90. The lowest BCUT2D eigenvalue weighted by molar-refractivity contribution is -0.161. The molecule has 0 aromatic carbocycles. The molecule has 0 aliphatic carbocycles. The Kier molecular flexibility index (Phi) is 69.6. The van der Waals surface area contributed by atoms with Crippen LogP contribution in [-0.4, -0.2) is 96.7 Å². The lowest BCUT2D eigenvalue weighted by atomic mass is 10.0. The molecule has 0 heterocycles. The van der Waals surface area contributed by atoms with Gasteiger partial charge >= 0.3 is 39.5 Å². The van der Waals surface area contributed by atoms with Crippen molar-refractivity contribution in [1.29, 1.82) is 0 Å². The van der Waals surface area contributed by atoms with Gasteiger partial charge in [0, 0.05) is 25.7 Å². The Hall–Kier alpha value is -1.94. The summed E-state index contributed by atoms with van der Waals surface area (Å²) in [5.41, 5.74) is 0. The fraction of sp³-hybridized carbons (Fsp3) is 0.949. The fourth-order valence-electron chi connectivity index (χ4n) is 12.1. The first-order chi connectivity index (χ1) is 47.0. The van der Waals surface area contributed by atoms with E-state index in [1.54, 1.807) is 0 Å². The van der Waals surface area contributed by atoms with E-state index in [2.05, 4.69) is 34.6 Å². The third-order valence-corrected chi connectivity index (χ3v) is 20.2. The molecule has 17 nitrogen and oxygen atoms in total. The Bertz CT molecular complexity index is 1860. The van der Waals surface area contributed by atoms with E-state index >= 15 is 0 Å². The van der Waals surface area contributed by atoms with Gasteiger partial charge in [-0.05, 0) is 31.6 Å². The van der Waals surface area contributed by atoms with E-state index in [0.29, 0.717) is 25.7 Å². The molecule has 0 aliphatic rings. The molecule has 0 aliphatic heterocycles. The highest BCUT2D eigenvalue weighted by molar-refractivity contribution is 7.47. The molecule has 97 heavy (non-hydrogen) atoms. The van der Waals surface area contributed by atoms with Gasteiger partial charge in [0.2, 0.25) is 0 Å². The quantitative estimate of drug-likeness (QED) is 0.0222. The molecule has 0 aromatic heterocycles. The van der Waals surface area contributed by atoms with Crippen molar-refractivity contribution in [1.82, 2.24) is 0 Å². The minimum Gasteiger partial charge on any atom is -0.462 e. The van der Waals surface area contributed by atoms with Gasteiger partial charge in [-0.25, -0.2) is 9.13 Å². The number of hydrogen-bond acceptors (Lipinski definition) is 15. The van der Waals surface area contributed by atoms with Crippen molar-refractivity contribution >= 4 is 39.5 Å². The summed E-state index contributed by atoms with van der Waals surface area (Å²) in [5, 5.41) is 10.6. The van der Waals surface area contributed by atoms with Crippen LogP contribution in [0.15, 0.2) is 0 Å². The molecular weight excluding hydrogens is 1270 g/mol. The summed E-state index contributed by atoms with van der Waals surface area (Å²) in [6.45, 7) is 7.25. The normalized spacial score (nSPS) is 13.9. The van der Waals surface area contributed by atoms with E-state index in [1.165, 1.54) is 231 Å². The van der Waals surface area contributed by atoms with E-state index in [1.807, 2.05) is 0 Å². The monoisotopic (exact) mass is 1420 g/mol. The van der Waals surface area contributed by atoms with Gasteiger partial charge in [-0.1, -0.05) is 362 Å². The maximum absolute atomic E-state index is 13.1. The van der Waals surface area contributed by atoms with E-state index in [4.69, 9.17) is 37.0 Å². The molecule has 0 radical (unpaired) electrons. The molecule has 0 saturated carbocycles. The molecule has 0 rings (SSSR count). The first kappa shape index (κ1) is 95.1. The summed E-state index contributed by atoms with van der Waals surface area (Å²) < 4.78 is 68.3. The number of carbonyl (C=O) groups is 4. The van der Waals surface area contributed by atoms with Crippen molar-refractivity contribution in [2.75, 3.05) is 39.6 Å². The number of unbranched alkanes of at least 4 members (excludes halogenated alkanes) is 50. The molecule has 0 aromatic rings. The summed E-state index contributed by atoms with van der Waals surface area (Å²) in [5.74, 6) is -1.30. The van der Waals surface area contributed by atoms with Crippen LogP contribution in [0.1, 0.15) is 413 Å². The predicted octanol–water partition coefficient (Wildman–Crippen LogP) is 23.3. The number of hydrogen-bond donors (Lipinski definition) is 3. The first-order valence-corrected chi connectivity index (χ1v) is 43.6. The smallest absolute Gasteiger partial charge is 0.462 e. The van der Waals surface area contributed by atoms with Gasteiger partial charge in [-0.15, -0.1) is 0 Å². The molecule has 19 heteroatoms. The van der Waals surface area contributed by atoms with Crippen LogP contribution in [-0.2, 0) is 65.4 Å². The van der Waals surface area contributed by atoms with E-state index in [9.17, 15) is 43.2 Å². The van der Waals surface area contributed by atoms with Gasteiger partial charge < -0.3 is 33.8 Å².